The SMILES string of the molecule is CCOc1cc(N2CCCC2(C)C)ccc1N. The lowest BCUT2D eigenvalue weighted by molar-refractivity contribution is 0.342. The van der Waals surface area contributed by atoms with Crippen molar-refractivity contribution < 1.29 is 4.74 Å². The van der Waals surface area contributed by atoms with Crippen LogP contribution in [0.25, 0.3) is 0 Å². The van der Waals surface area contributed by atoms with Crippen LogP contribution in [-0.2, 0) is 0 Å². The molecule has 0 aromatic heterocycles. The molecule has 1 aromatic carbocycles. The van der Waals surface area contributed by atoms with Crippen molar-refractivity contribution in [2.45, 2.75) is 39.2 Å². The van der Waals surface area contributed by atoms with E-state index in [4.69, 9.17) is 10.5 Å². The normalized spacial score (nSPS) is 18.4. The Morgan fingerprint density at radius 1 is 1.41 bits per heavy atom. The van der Waals surface area contributed by atoms with E-state index in [1.807, 2.05) is 13.0 Å². The number of hydrogen-bond donors (Lipinski definition) is 1. The van der Waals surface area contributed by atoms with Gasteiger partial charge in [-0.05, 0) is 45.7 Å². The minimum Gasteiger partial charge on any atom is -0.492 e. The van der Waals surface area contributed by atoms with Crippen molar-refractivity contribution in [1.82, 2.24) is 0 Å². The van der Waals surface area contributed by atoms with Crippen LogP contribution < -0.4 is 15.4 Å². The number of benzene rings is 1. The number of ether oxygens (including phenoxy) is 1. The van der Waals surface area contributed by atoms with Crippen molar-refractivity contribution in [2.75, 3.05) is 23.8 Å². The van der Waals surface area contributed by atoms with Crippen molar-refractivity contribution in [2.24, 2.45) is 0 Å². The third-order valence-corrected chi connectivity index (χ3v) is 3.51. The Morgan fingerprint density at radius 3 is 2.76 bits per heavy atom. The van der Waals surface area contributed by atoms with Crippen LogP contribution in [0.3, 0.4) is 0 Å². The van der Waals surface area contributed by atoms with E-state index in [0.29, 0.717) is 12.3 Å². The minimum atomic E-state index is 0.236. The fourth-order valence-corrected chi connectivity index (χ4v) is 2.56. The maximum Gasteiger partial charge on any atom is 0.144 e. The Bertz CT molecular complexity index is 401. The summed E-state index contributed by atoms with van der Waals surface area (Å²) >= 11 is 0. The molecule has 2 N–H and O–H groups in total. The summed E-state index contributed by atoms with van der Waals surface area (Å²) in [5.41, 5.74) is 8.06. The second-order valence-corrected chi connectivity index (χ2v) is 5.22. The minimum absolute atomic E-state index is 0.236. The highest BCUT2D eigenvalue weighted by Gasteiger charge is 2.32. The molecule has 1 aromatic rings. The van der Waals surface area contributed by atoms with Gasteiger partial charge in [-0.2, -0.15) is 0 Å². The van der Waals surface area contributed by atoms with Crippen LogP contribution in [-0.4, -0.2) is 18.7 Å². The van der Waals surface area contributed by atoms with E-state index in [0.717, 1.165) is 12.3 Å². The number of rotatable bonds is 3. The summed E-state index contributed by atoms with van der Waals surface area (Å²) in [6.45, 7) is 8.32. The Kier molecular flexibility index (Phi) is 3.18. The number of nitrogen functional groups attached to an aromatic ring is 1. The van der Waals surface area contributed by atoms with Crippen molar-refractivity contribution in [3.8, 4) is 5.75 Å². The van der Waals surface area contributed by atoms with Crippen molar-refractivity contribution in [1.29, 1.82) is 0 Å². The molecule has 3 nitrogen and oxygen atoms in total. The summed E-state index contributed by atoms with van der Waals surface area (Å²) in [5.74, 6) is 0.799. The van der Waals surface area contributed by atoms with E-state index in [2.05, 4.69) is 30.9 Å². The zero-order chi connectivity index (χ0) is 12.5. The van der Waals surface area contributed by atoms with Crippen molar-refractivity contribution >= 4 is 11.4 Å². The predicted molar refractivity (Wildman–Crippen MR) is 72.7 cm³/mol. The molecule has 0 bridgehead atoms. The first-order valence-electron chi connectivity index (χ1n) is 6.34. The Labute approximate surface area is 104 Å². The fourth-order valence-electron chi connectivity index (χ4n) is 2.56. The first-order chi connectivity index (χ1) is 8.04. The highest BCUT2D eigenvalue weighted by molar-refractivity contribution is 5.63. The van der Waals surface area contributed by atoms with Gasteiger partial charge in [-0.3, -0.25) is 0 Å². The fraction of sp³-hybridized carbons (Fsp3) is 0.571. The van der Waals surface area contributed by atoms with Gasteiger partial charge >= 0.3 is 0 Å². The Morgan fingerprint density at radius 2 is 2.18 bits per heavy atom. The van der Waals surface area contributed by atoms with Crippen LogP contribution in [0.2, 0.25) is 0 Å². The van der Waals surface area contributed by atoms with E-state index in [1.165, 1.54) is 18.5 Å². The largest absolute Gasteiger partial charge is 0.492 e. The maximum atomic E-state index is 5.90. The lowest BCUT2D eigenvalue weighted by Gasteiger charge is -2.34. The third kappa shape index (κ3) is 2.33. The molecule has 1 fully saturated rings. The number of nitrogens with zero attached hydrogens (tertiary/aromatic N) is 1. The molecule has 0 atom stereocenters. The van der Waals surface area contributed by atoms with Gasteiger partial charge in [0.25, 0.3) is 0 Å². The average Bonchev–Trinajstić information content (AvgIpc) is 2.62. The summed E-state index contributed by atoms with van der Waals surface area (Å²) in [6, 6.07) is 6.09. The second-order valence-electron chi connectivity index (χ2n) is 5.22. The molecule has 1 heterocycles. The molecule has 1 saturated heterocycles. The molecule has 3 heteroatoms. The van der Waals surface area contributed by atoms with Crippen LogP contribution in [0.5, 0.6) is 5.75 Å². The van der Waals surface area contributed by atoms with Crippen LogP contribution in [0, 0.1) is 0 Å². The summed E-state index contributed by atoms with van der Waals surface area (Å²) in [7, 11) is 0. The van der Waals surface area contributed by atoms with Gasteiger partial charge in [-0.15, -0.1) is 0 Å². The van der Waals surface area contributed by atoms with E-state index < -0.39 is 0 Å². The zero-order valence-electron chi connectivity index (χ0n) is 11.0. The van der Waals surface area contributed by atoms with Gasteiger partial charge in [0.1, 0.15) is 5.75 Å². The number of hydrogen-bond acceptors (Lipinski definition) is 3. The predicted octanol–water partition coefficient (Wildman–Crippen LogP) is 3.05. The van der Waals surface area contributed by atoms with Gasteiger partial charge in [-0.25, -0.2) is 0 Å². The van der Waals surface area contributed by atoms with E-state index in [-0.39, 0.29) is 5.54 Å². The van der Waals surface area contributed by atoms with Crippen LogP contribution in [0.1, 0.15) is 33.6 Å². The third-order valence-electron chi connectivity index (χ3n) is 3.51. The van der Waals surface area contributed by atoms with Crippen molar-refractivity contribution in [3.63, 3.8) is 0 Å². The average molecular weight is 234 g/mol. The van der Waals surface area contributed by atoms with Crippen molar-refractivity contribution in [3.05, 3.63) is 18.2 Å². The quantitative estimate of drug-likeness (QED) is 0.817. The van der Waals surface area contributed by atoms with Gasteiger partial charge in [0, 0.05) is 23.8 Å². The van der Waals surface area contributed by atoms with Crippen LogP contribution >= 0.6 is 0 Å². The molecule has 0 unspecified atom stereocenters. The summed E-state index contributed by atoms with van der Waals surface area (Å²) < 4.78 is 5.55. The smallest absolute Gasteiger partial charge is 0.144 e. The molecule has 0 aliphatic carbocycles. The Hall–Kier alpha value is -1.38. The molecule has 1 aliphatic rings. The second kappa shape index (κ2) is 4.47. The van der Waals surface area contributed by atoms with E-state index in [9.17, 15) is 0 Å². The lowest BCUT2D eigenvalue weighted by Crippen LogP contribution is -2.38. The van der Waals surface area contributed by atoms with E-state index in [1.54, 1.807) is 0 Å². The first-order valence-corrected chi connectivity index (χ1v) is 6.34. The molecule has 1 aliphatic heterocycles. The van der Waals surface area contributed by atoms with Gasteiger partial charge in [0.15, 0.2) is 0 Å². The highest BCUT2D eigenvalue weighted by Crippen LogP contribution is 2.36. The summed E-state index contributed by atoms with van der Waals surface area (Å²) in [5, 5.41) is 0. The molecule has 0 spiro atoms. The van der Waals surface area contributed by atoms with E-state index >= 15 is 0 Å². The summed E-state index contributed by atoms with van der Waals surface area (Å²) in [4.78, 5) is 2.44. The molecule has 2 rings (SSSR count). The van der Waals surface area contributed by atoms with Gasteiger partial charge in [0.2, 0.25) is 0 Å². The summed E-state index contributed by atoms with van der Waals surface area (Å²) in [6.07, 6.45) is 2.49. The molecule has 0 radical (unpaired) electrons. The van der Waals surface area contributed by atoms with Gasteiger partial charge < -0.3 is 15.4 Å². The topological polar surface area (TPSA) is 38.5 Å². The molecule has 94 valence electrons. The standard InChI is InChI=1S/C14H22N2O/c1-4-17-13-10-11(6-7-12(13)15)16-9-5-8-14(16,2)3/h6-7,10H,4-5,8-9,15H2,1-3H3. The number of nitrogens with two attached hydrogens (primary N) is 1. The van der Waals surface area contributed by atoms with Gasteiger partial charge in [0.05, 0.1) is 12.3 Å². The van der Waals surface area contributed by atoms with Gasteiger partial charge in [-0.1, -0.05) is 0 Å². The Balaban J connectivity index is 2.30. The highest BCUT2D eigenvalue weighted by atomic mass is 16.5. The van der Waals surface area contributed by atoms with Crippen LogP contribution in [0.15, 0.2) is 18.2 Å². The molecule has 0 amide bonds. The lowest BCUT2D eigenvalue weighted by atomic mass is 10.0. The first kappa shape index (κ1) is 12.1. The molecule has 0 saturated carbocycles. The van der Waals surface area contributed by atoms with Crippen LogP contribution in [0.4, 0.5) is 11.4 Å². The maximum absolute atomic E-state index is 5.90. The number of anilines is 2. The molecular formula is C14H22N2O. The monoisotopic (exact) mass is 234 g/mol. The zero-order valence-corrected chi connectivity index (χ0v) is 11.0. The molecular weight excluding hydrogens is 212 g/mol. The molecule has 17 heavy (non-hydrogen) atoms.